The zero-order valence-electron chi connectivity index (χ0n) is 4.90. The van der Waals surface area contributed by atoms with Gasteiger partial charge in [-0.15, -0.1) is 0 Å². The number of rotatable bonds is 0. The van der Waals surface area contributed by atoms with Crippen molar-refractivity contribution in [2.45, 2.75) is 6.92 Å². The van der Waals surface area contributed by atoms with Crippen LogP contribution in [0.2, 0.25) is 5.02 Å². The first-order valence-corrected chi connectivity index (χ1v) is 2.78. The van der Waals surface area contributed by atoms with Gasteiger partial charge < -0.3 is 4.57 Å². The Balaban J connectivity index is 3.14. The van der Waals surface area contributed by atoms with Crippen molar-refractivity contribution in [3.8, 4) is 0 Å². The highest BCUT2D eigenvalue weighted by Gasteiger charge is 1.92. The normalized spacial score (nSPS) is 9.88. The molecule has 0 fully saturated rings. The molecule has 1 aromatic heterocycles. The summed E-state index contributed by atoms with van der Waals surface area (Å²) in [7, 11) is 1.94. The molecule has 0 unspecified atom stereocenters. The third-order valence-electron chi connectivity index (χ3n) is 1.14. The molecule has 0 saturated heterocycles. The summed E-state index contributed by atoms with van der Waals surface area (Å²) in [4.78, 5) is 0. The molecule has 0 aromatic carbocycles. The molecule has 0 aliphatic carbocycles. The Bertz CT molecular complexity index is 171. The molecule has 0 bridgehead atoms. The van der Waals surface area contributed by atoms with Gasteiger partial charge in [-0.25, -0.2) is 0 Å². The maximum atomic E-state index is 5.59. The largest absolute Gasteiger partial charge is 0.353 e. The summed E-state index contributed by atoms with van der Waals surface area (Å²) in [6.45, 7) is 1.96. The van der Waals surface area contributed by atoms with Gasteiger partial charge in [-0.3, -0.25) is 0 Å². The number of aryl methyl sites for hydroxylation is 2. The highest BCUT2D eigenvalue weighted by molar-refractivity contribution is 6.30. The third-order valence-corrected chi connectivity index (χ3v) is 1.33. The lowest BCUT2D eigenvalue weighted by Gasteiger charge is -1.89. The lowest BCUT2D eigenvalue weighted by Crippen LogP contribution is -1.85. The second kappa shape index (κ2) is 1.82. The maximum absolute atomic E-state index is 5.59. The molecule has 0 amide bonds. The van der Waals surface area contributed by atoms with Crippen LogP contribution in [0.1, 0.15) is 5.69 Å². The topological polar surface area (TPSA) is 4.93 Å². The predicted octanol–water partition coefficient (Wildman–Crippen LogP) is 1.79. The van der Waals surface area contributed by atoms with Crippen molar-refractivity contribution < 1.29 is 0 Å². The Hall–Kier alpha value is -0.430. The van der Waals surface area contributed by atoms with Crippen LogP contribution < -0.4 is 0 Å². The lowest BCUT2D eigenvalue weighted by atomic mass is 10.5. The van der Waals surface area contributed by atoms with E-state index in [1.165, 1.54) is 0 Å². The van der Waals surface area contributed by atoms with Crippen molar-refractivity contribution >= 4 is 11.6 Å². The van der Waals surface area contributed by atoms with Crippen LogP contribution in [0.15, 0.2) is 6.20 Å². The van der Waals surface area contributed by atoms with Crippen LogP contribution in [0.5, 0.6) is 0 Å². The molecule has 2 heteroatoms. The van der Waals surface area contributed by atoms with Gasteiger partial charge in [0.25, 0.3) is 0 Å². The molecule has 1 rings (SSSR count). The van der Waals surface area contributed by atoms with Crippen LogP contribution in [0.25, 0.3) is 0 Å². The average Bonchev–Trinajstić information content (AvgIpc) is 1.85. The predicted molar refractivity (Wildman–Crippen MR) is 34.0 cm³/mol. The molecule has 0 atom stereocenters. The van der Waals surface area contributed by atoms with E-state index in [1.807, 2.05) is 24.7 Å². The quantitative estimate of drug-likeness (QED) is 0.502. The minimum Gasteiger partial charge on any atom is -0.353 e. The first-order chi connectivity index (χ1) is 3.70. The van der Waals surface area contributed by atoms with Gasteiger partial charge in [0.15, 0.2) is 0 Å². The first kappa shape index (κ1) is 5.70. The third kappa shape index (κ3) is 0.869. The number of aromatic nitrogens is 1. The van der Waals surface area contributed by atoms with E-state index in [-0.39, 0.29) is 0 Å². The summed E-state index contributed by atoms with van der Waals surface area (Å²) in [6.07, 6.45) is 1.83. The second-order valence-electron chi connectivity index (χ2n) is 1.80. The fraction of sp³-hybridized carbons (Fsp3) is 0.333. The molecule has 1 heterocycles. The van der Waals surface area contributed by atoms with Crippen LogP contribution in [0, 0.1) is 13.0 Å². The Kier molecular flexibility index (Phi) is 1.30. The molecule has 1 aromatic rings. The van der Waals surface area contributed by atoms with E-state index in [1.54, 1.807) is 0 Å². The fourth-order valence-corrected chi connectivity index (χ4v) is 0.843. The van der Waals surface area contributed by atoms with Gasteiger partial charge in [0, 0.05) is 25.0 Å². The van der Waals surface area contributed by atoms with E-state index in [9.17, 15) is 0 Å². The molecular weight excluding hydrogens is 122 g/mol. The van der Waals surface area contributed by atoms with E-state index < -0.39 is 0 Å². The first-order valence-electron chi connectivity index (χ1n) is 2.41. The van der Waals surface area contributed by atoms with Crippen LogP contribution in [-0.4, -0.2) is 4.57 Å². The number of halogens is 1. The van der Waals surface area contributed by atoms with Crippen molar-refractivity contribution in [2.75, 3.05) is 0 Å². The highest BCUT2D eigenvalue weighted by atomic mass is 35.5. The molecule has 1 nitrogen and oxygen atoms in total. The fourth-order valence-electron chi connectivity index (χ4n) is 0.560. The van der Waals surface area contributed by atoms with Crippen LogP contribution in [-0.2, 0) is 7.05 Å². The van der Waals surface area contributed by atoms with Crippen molar-refractivity contribution in [3.63, 3.8) is 0 Å². The molecule has 0 saturated carbocycles. The molecule has 0 aliphatic heterocycles. The molecule has 0 aliphatic rings. The van der Waals surface area contributed by atoms with E-state index in [2.05, 4.69) is 6.07 Å². The van der Waals surface area contributed by atoms with Crippen molar-refractivity contribution in [1.82, 2.24) is 4.57 Å². The molecule has 1 radical (unpaired) electrons. The minimum absolute atomic E-state index is 0.685. The monoisotopic (exact) mass is 128 g/mol. The Labute approximate surface area is 53.9 Å². The number of hydrogen-bond donors (Lipinski definition) is 0. The van der Waals surface area contributed by atoms with Gasteiger partial charge in [0.05, 0.1) is 5.02 Å². The van der Waals surface area contributed by atoms with E-state index >= 15 is 0 Å². The summed E-state index contributed by atoms with van der Waals surface area (Å²) in [5, 5.41) is 0.685. The van der Waals surface area contributed by atoms with Gasteiger partial charge in [-0.1, -0.05) is 11.6 Å². The summed E-state index contributed by atoms with van der Waals surface area (Å²) >= 11 is 5.59. The molecule has 8 heavy (non-hydrogen) atoms. The molecular formula is C6H7ClN. The Morgan fingerprint density at radius 3 is 2.50 bits per heavy atom. The summed E-state index contributed by atoms with van der Waals surface area (Å²) in [6, 6.07) is 2.94. The molecule has 0 N–H and O–H groups in total. The summed E-state index contributed by atoms with van der Waals surface area (Å²) in [5.41, 5.74) is 1.06. The van der Waals surface area contributed by atoms with Crippen LogP contribution in [0.4, 0.5) is 0 Å². The smallest absolute Gasteiger partial charge is 0.0664 e. The summed E-state index contributed by atoms with van der Waals surface area (Å²) < 4.78 is 1.93. The van der Waals surface area contributed by atoms with E-state index in [4.69, 9.17) is 11.6 Å². The van der Waals surface area contributed by atoms with Crippen molar-refractivity contribution in [1.29, 1.82) is 0 Å². The Morgan fingerprint density at radius 2 is 2.38 bits per heavy atom. The maximum Gasteiger partial charge on any atom is 0.0664 e. The van der Waals surface area contributed by atoms with E-state index in [0.29, 0.717) is 5.02 Å². The van der Waals surface area contributed by atoms with Crippen molar-refractivity contribution in [2.24, 2.45) is 7.05 Å². The Morgan fingerprint density at radius 1 is 1.75 bits per heavy atom. The van der Waals surface area contributed by atoms with E-state index in [0.717, 1.165) is 5.69 Å². The number of nitrogens with zero attached hydrogens (tertiary/aromatic N) is 1. The molecule has 43 valence electrons. The standard InChI is InChI=1S/C6H7ClN/c1-5-3-6(7)4-8(5)2/h4H,1-2H3. The van der Waals surface area contributed by atoms with Gasteiger partial charge in [0.2, 0.25) is 0 Å². The van der Waals surface area contributed by atoms with Crippen molar-refractivity contribution in [3.05, 3.63) is 23.0 Å². The SMILES string of the molecule is Cc1[c]c(Cl)cn1C. The van der Waals surface area contributed by atoms with Crippen LogP contribution in [0.3, 0.4) is 0 Å². The van der Waals surface area contributed by atoms with Gasteiger partial charge in [-0.05, 0) is 6.92 Å². The van der Waals surface area contributed by atoms with Gasteiger partial charge >= 0.3 is 0 Å². The highest BCUT2D eigenvalue weighted by Crippen LogP contribution is 2.09. The minimum atomic E-state index is 0.685. The van der Waals surface area contributed by atoms with Gasteiger partial charge in [-0.2, -0.15) is 0 Å². The zero-order valence-corrected chi connectivity index (χ0v) is 5.66. The second-order valence-corrected chi connectivity index (χ2v) is 2.21. The summed E-state index contributed by atoms with van der Waals surface area (Å²) in [5.74, 6) is 0. The number of hydrogen-bond acceptors (Lipinski definition) is 0. The van der Waals surface area contributed by atoms with Crippen LogP contribution >= 0.6 is 11.6 Å². The molecule has 0 spiro atoms. The lowest BCUT2D eigenvalue weighted by molar-refractivity contribution is 0.881. The zero-order chi connectivity index (χ0) is 6.15. The van der Waals surface area contributed by atoms with Gasteiger partial charge in [0.1, 0.15) is 0 Å². The average molecular weight is 129 g/mol.